The van der Waals surface area contributed by atoms with Crippen LogP contribution in [-0.2, 0) is 0 Å². The van der Waals surface area contributed by atoms with Crippen molar-refractivity contribution in [3.05, 3.63) is 58.3 Å². The van der Waals surface area contributed by atoms with Gasteiger partial charge in [-0.1, -0.05) is 34.1 Å². The molecule has 1 aliphatic rings. The van der Waals surface area contributed by atoms with Crippen LogP contribution in [0.15, 0.2) is 46.9 Å². The smallest absolute Gasteiger partial charge is 0.146 e. The van der Waals surface area contributed by atoms with Gasteiger partial charge in [0.25, 0.3) is 0 Å². The van der Waals surface area contributed by atoms with Gasteiger partial charge in [0.05, 0.1) is 11.7 Å². The van der Waals surface area contributed by atoms with Crippen molar-refractivity contribution in [2.75, 3.05) is 5.32 Å². The molecule has 0 saturated heterocycles. The average molecular weight is 350 g/mol. The molecule has 1 atom stereocenters. The minimum Gasteiger partial charge on any atom is -0.487 e. The SMILES string of the molecule is CC1(C)CC(Nc2cc(Br)ccc2F)c2ccccc2O1. The lowest BCUT2D eigenvalue weighted by atomic mass is 9.89. The van der Waals surface area contributed by atoms with Crippen molar-refractivity contribution < 1.29 is 9.13 Å². The summed E-state index contributed by atoms with van der Waals surface area (Å²) < 4.78 is 20.8. The van der Waals surface area contributed by atoms with E-state index in [0.717, 1.165) is 22.2 Å². The van der Waals surface area contributed by atoms with E-state index < -0.39 is 0 Å². The summed E-state index contributed by atoms with van der Waals surface area (Å²) in [5, 5.41) is 3.32. The van der Waals surface area contributed by atoms with E-state index in [4.69, 9.17) is 4.74 Å². The monoisotopic (exact) mass is 349 g/mol. The number of ether oxygens (including phenoxy) is 1. The molecule has 0 saturated carbocycles. The van der Waals surface area contributed by atoms with Crippen molar-refractivity contribution in [3.63, 3.8) is 0 Å². The van der Waals surface area contributed by atoms with Crippen LogP contribution < -0.4 is 10.1 Å². The molecule has 2 aromatic carbocycles. The van der Waals surface area contributed by atoms with E-state index in [2.05, 4.69) is 35.1 Å². The number of para-hydroxylation sites is 1. The minimum absolute atomic E-state index is 0.0220. The van der Waals surface area contributed by atoms with Crippen molar-refractivity contribution in [1.29, 1.82) is 0 Å². The quantitative estimate of drug-likeness (QED) is 0.793. The normalized spacial score (nSPS) is 19.5. The van der Waals surface area contributed by atoms with Crippen molar-refractivity contribution in [2.24, 2.45) is 0 Å². The van der Waals surface area contributed by atoms with Gasteiger partial charge in [-0.3, -0.25) is 0 Å². The third-order valence-corrected chi connectivity index (χ3v) is 4.13. The van der Waals surface area contributed by atoms with Gasteiger partial charge in [-0.05, 0) is 38.1 Å². The van der Waals surface area contributed by atoms with E-state index in [1.807, 2.05) is 24.3 Å². The van der Waals surface area contributed by atoms with E-state index in [0.29, 0.717) is 5.69 Å². The Bertz CT molecular complexity index is 672. The first kappa shape index (κ1) is 14.4. The molecule has 1 heterocycles. The standard InChI is InChI=1S/C17H17BrFNO/c1-17(2)10-15(12-5-3-4-6-16(12)21-17)20-14-9-11(18)7-8-13(14)19/h3-9,15,20H,10H2,1-2H3. The summed E-state index contributed by atoms with van der Waals surface area (Å²) in [7, 11) is 0. The van der Waals surface area contributed by atoms with Crippen molar-refractivity contribution in [2.45, 2.75) is 31.9 Å². The summed E-state index contributed by atoms with van der Waals surface area (Å²) in [6, 6.07) is 12.9. The molecule has 0 bridgehead atoms. The number of hydrogen-bond acceptors (Lipinski definition) is 2. The first-order valence-electron chi connectivity index (χ1n) is 6.94. The fourth-order valence-corrected chi connectivity index (χ4v) is 3.09. The maximum Gasteiger partial charge on any atom is 0.146 e. The Labute approximate surface area is 132 Å². The maximum atomic E-state index is 14.0. The van der Waals surface area contributed by atoms with Crippen LogP contribution in [0.3, 0.4) is 0 Å². The number of anilines is 1. The molecule has 21 heavy (non-hydrogen) atoms. The number of rotatable bonds is 2. The number of halogens is 2. The minimum atomic E-state index is -0.283. The van der Waals surface area contributed by atoms with Gasteiger partial charge in [0.15, 0.2) is 0 Å². The lowest BCUT2D eigenvalue weighted by Crippen LogP contribution is -2.37. The zero-order valence-corrected chi connectivity index (χ0v) is 13.6. The van der Waals surface area contributed by atoms with Crippen LogP contribution in [0.4, 0.5) is 10.1 Å². The fourth-order valence-electron chi connectivity index (χ4n) is 2.73. The largest absolute Gasteiger partial charge is 0.487 e. The molecule has 0 fully saturated rings. The fraction of sp³-hybridized carbons (Fsp3) is 0.294. The van der Waals surface area contributed by atoms with Crippen LogP contribution in [0.25, 0.3) is 0 Å². The molecule has 1 aliphatic heterocycles. The molecular formula is C17H17BrFNO. The molecule has 0 aromatic heterocycles. The van der Waals surface area contributed by atoms with Gasteiger partial charge in [-0.2, -0.15) is 0 Å². The number of nitrogens with one attached hydrogen (secondary N) is 1. The predicted molar refractivity (Wildman–Crippen MR) is 86.2 cm³/mol. The molecule has 0 amide bonds. The van der Waals surface area contributed by atoms with Gasteiger partial charge >= 0.3 is 0 Å². The van der Waals surface area contributed by atoms with Gasteiger partial charge in [0, 0.05) is 16.5 Å². The van der Waals surface area contributed by atoms with Crippen LogP contribution in [0.2, 0.25) is 0 Å². The molecular weight excluding hydrogens is 333 g/mol. The highest BCUT2D eigenvalue weighted by molar-refractivity contribution is 9.10. The van der Waals surface area contributed by atoms with Crippen LogP contribution >= 0.6 is 15.9 Å². The van der Waals surface area contributed by atoms with E-state index in [9.17, 15) is 4.39 Å². The van der Waals surface area contributed by atoms with Gasteiger partial charge in [-0.25, -0.2) is 4.39 Å². The Balaban J connectivity index is 1.96. The molecule has 4 heteroatoms. The average Bonchev–Trinajstić information content (AvgIpc) is 2.41. The molecule has 2 aromatic rings. The summed E-state index contributed by atoms with van der Waals surface area (Å²) in [4.78, 5) is 0. The first-order chi connectivity index (χ1) is 9.94. The molecule has 0 aliphatic carbocycles. The predicted octanol–water partition coefficient (Wildman–Crippen LogP) is 5.30. The zero-order valence-electron chi connectivity index (χ0n) is 12.0. The summed E-state index contributed by atoms with van der Waals surface area (Å²) in [5.74, 6) is 0.613. The highest BCUT2D eigenvalue weighted by Gasteiger charge is 2.33. The molecule has 3 rings (SSSR count). The first-order valence-corrected chi connectivity index (χ1v) is 7.73. The van der Waals surface area contributed by atoms with Gasteiger partial charge < -0.3 is 10.1 Å². The second-order valence-corrected chi connectivity index (χ2v) is 6.84. The van der Waals surface area contributed by atoms with E-state index in [1.54, 1.807) is 12.1 Å². The number of hydrogen-bond donors (Lipinski definition) is 1. The Hall–Kier alpha value is -1.55. The summed E-state index contributed by atoms with van der Waals surface area (Å²) in [6.07, 6.45) is 0.774. The summed E-state index contributed by atoms with van der Waals surface area (Å²) in [5.41, 5.74) is 1.28. The highest BCUT2D eigenvalue weighted by Crippen LogP contribution is 2.41. The topological polar surface area (TPSA) is 21.3 Å². The maximum absolute atomic E-state index is 14.0. The summed E-state index contributed by atoms with van der Waals surface area (Å²) in [6.45, 7) is 4.10. The lowest BCUT2D eigenvalue weighted by molar-refractivity contribution is 0.0758. The molecule has 0 radical (unpaired) electrons. The molecule has 0 spiro atoms. The third kappa shape index (κ3) is 3.05. The second kappa shape index (κ2) is 5.34. The van der Waals surface area contributed by atoms with Crippen LogP contribution in [0, 0.1) is 5.82 Å². The van der Waals surface area contributed by atoms with E-state index in [-0.39, 0.29) is 17.5 Å². The summed E-state index contributed by atoms with van der Waals surface area (Å²) >= 11 is 3.38. The highest BCUT2D eigenvalue weighted by atomic mass is 79.9. The molecule has 1 N–H and O–H groups in total. The lowest BCUT2D eigenvalue weighted by Gasteiger charge is -2.38. The van der Waals surface area contributed by atoms with Gasteiger partial charge in [0.1, 0.15) is 17.2 Å². The number of benzene rings is 2. The number of fused-ring (bicyclic) bond motifs is 1. The Morgan fingerprint density at radius 1 is 1.24 bits per heavy atom. The zero-order chi connectivity index (χ0) is 15.0. The second-order valence-electron chi connectivity index (χ2n) is 5.92. The molecule has 110 valence electrons. The molecule has 2 nitrogen and oxygen atoms in total. The van der Waals surface area contributed by atoms with Crippen molar-refractivity contribution in [3.8, 4) is 5.75 Å². The van der Waals surface area contributed by atoms with Crippen LogP contribution in [0.1, 0.15) is 31.9 Å². The Morgan fingerprint density at radius 2 is 2.00 bits per heavy atom. The van der Waals surface area contributed by atoms with Gasteiger partial charge in [0.2, 0.25) is 0 Å². The third-order valence-electron chi connectivity index (χ3n) is 3.63. The Kier molecular flexibility index (Phi) is 3.66. The van der Waals surface area contributed by atoms with E-state index in [1.165, 1.54) is 6.07 Å². The van der Waals surface area contributed by atoms with Gasteiger partial charge in [-0.15, -0.1) is 0 Å². The van der Waals surface area contributed by atoms with E-state index >= 15 is 0 Å². The van der Waals surface area contributed by atoms with Crippen molar-refractivity contribution >= 4 is 21.6 Å². The molecule has 1 unspecified atom stereocenters. The van der Waals surface area contributed by atoms with Crippen LogP contribution in [0.5, 0.6) is 5.75 Å². The Morgan fingerprint density at radius 3 is 2.81 bits per heavy atom. The van der Waals surface area contributed by atoms with Crippen LogP contribution in [-0.4, -0.2) is 5.60 Å². The van der Waals surface area contributed by atoms with Crippen molar-refractivity contribution in [1.82, 2.24) is 0 Å².